The Morgan fingerprint density at radius 2 is 1.88 bits per heavy atom. The van der Waals surface area contributed by atoms with E-state index in [2.05, 4.69) is 45.9 Å². The highest BCUT2D eigenvalue weighted by molar-refractivity contribution is 5.38. The largest absolute Gasteiger partial charge is 0.491 e. The van der Waals surface area contributed by atoms with Gasteiger partial charge in [-0.15, -0.1) is 0 Å². The number of benzene rings is 1. The zero-order valence-corrected chi connectivity index (χ0v) is 11.7. The minimum atomic E-state index is 0.231. The van der Waals surface area contributed by atoms with Gasteiger partial charge in [-0.25, -0.2) is 0 Å². The zero-order valence-electron chi connectivity index (χ0n) is 11.7. The Labute approximate surface area is 105 Å². The summed E-state index contributed by atoms with van der Waals surface area (Å²) >= 11 is 0. The molecule has 17 heavy (non-hydrogen) atoms. The molecule has 0 saturated carbocycles. The fraction of sp³-hybridized carbons (Fsp3) is 0.600. The average molecular weight is 236 g/mol. The Morgan fingerprint density at radius 3 is 2.41 bits per heavy atom. The number of hydrogen-bond acceptors (Lipinski definition) is 2. The van der Waals surface area contributed by atoms with Crippen LogP contribution in [-0.2, 0) is 10.2 Å². The van der Waals surface area contributed by atoms with Crippen LogP contribution in [0.4, 0.5) is 0 Å². The Bertz CT molecular complexity index is 356. The molecule has 0 amide bonds. The van der Waals surface area contributed by atoms with Gasteiger partial charge in [0.1, 0.15) is 12.4 Å². The van der Waals surface area contributed by atoms with Crippen molar-refractivity contribution in [3.05, 3.63) is 29.3 Å². The van der Waals surface area contributed by atoms with Crippen molar-refractivity contribution in [2.24, 2.45) is 0 Å². The van der Waals surface area contributed by atoms with Gasteiger partial charge in [0.2, 0.25) is 0 Å². The van der Waals surface area contributed by atoms with Crippen LogP contribution in [0.25, 0.3) is 0 Å². The molecule has 0 atom stereocenters. The molecule has 0 radical (unpaired) electrons. The standard InChI is InChI=1S/C15H24O2/c1-6-15(3,4)14-8-7-13(11-12(14)2)17-10-9-16-5/h7-8,11H,6,9-10H2,1-5H3. The summed E-state index contributed by atoms with van der Waals surface area (Å²) in [5.74, 6) is 0.926. The van der Waals surface area contributed by atoms with Crippen molar-refractivity contribution in [1.29, 1.82) is 0 Å². The Morgan fingerprint density at radius 1 is 1.18 bits per heavy atom. The number of ether oxygens (including phenoxy) is 2. The van der Waals surface area contributed by atoms with Crippen molar-refractivity contribution in [2.45, 2.75) is 39.5 Å². The van der Waals surface area contributed by atoms with Crippen molar-refractivity contribution in [3.8, 4) is 5.75 Å². The molecule has 0 unspecified atom stereocenters. The highest BCUT2D eigenvalue weighted by Crippen LogP contribution is 2.31. The normalized spacial score (nSPS) is 11.6. The van der Waals surface area contributed by atoms with Crippen molar-refractivity contribution >= 4 is 0 Å². The first kappa shape index (κ1) is 14.0. The van der Waals surface area contributed by atoms with E-state index in [1.54, 1.807) is 7.11 Å². The van der Waals surface area contributed by atoms with Gasteiger partial charge in [0.05, 0.1) is 6.61 Å². The van der Waals surface area contributed by atoms with Crippen LogP contribution in [0.5, 0.6) is 5.75 Å². The lowest BCUT2D eigenvalue weighted by Gasteiger charge is -2.25. The van der Waals surface area contributed by atoms with Gasteiger partial charge in [-0.3, -0.25) is 0 Å². The van der Waals surface area contributed by atoms with Gasteiger partial charge in [-0.1, -0.05) is 26.8 Å². The monoisotopic (exact) mass is 236 g/mol. The van der Waals surface area contributed by atoms with E-state index >= 15 is 0 Å². The SMILES string of the molecule is CCC(C)(C)c1ccc(OCCOC)cc1C. The lowest BCUT2D eigenvalue weighted by molar-refractivity contribution is 0.146. The predicted molar refractivity (Wildman–Crippen MR) is 71.9 cm³/mol. The molecule has 0 aromatic heterocycles. The Kier molecular flexibility index (Phi) is 5.01. The fourth-order valence-corrected chi connectivity index (χ4v) is 1.92. The third kappa shape index (κ3) is 3.74. The quantitative estimate of drug-likeness (QED) is 0.701. The average Bonchev–Trinajstić information content (AvgIpc) is 2.29. The van der Waals surface area contributed by atoms with E-state index < -0.39 is 0 Å². The molecule has 2 heteroatoms. The molecule has 0 saturated heterocycles. The maximum absolute atomic E-state index is 5.60. The molecular formula is C15H24O2. The molecule has 1 rings (SSSR count). The minimum absolute atomic E-state index is 0.231. The van der Waals surface area contributed by atoms with E-state index in [4.69, 9.17) is 9.47 Å². The summed E-state index contributed by atoms with van der Waals surface area (Å²) < 4.78 is 10.6. The summed E-state index contributed by atoms with van der Waals surface area (Å²) in [6.45, 7) is 10.2. The molecule has 1 aromatic rings. The van der Waals surface area contributed by atoms with E-state index in [-0.39, 0.29) is 5.41 Å². The minimum Gasteiger partial charge on any atom is -0.491 e. The van der Waals surface area contributed by atoms with E-state index in [1.165, 1.54) is 11.1 Å². The van der Waals surface area contributed by atoms with Gasteiger partial charge in [0.15, 0.2) is 0 Å². The lowest BCUT2D eigenvalue weighted by Crippen LogP contribution is -2.17. The number of methoxy groups -OCH3 is 1. The van der Waals surface area contributed by atoms with E-state index in [0.717, 1.165) is 12.2 Å². The highest BCUT2D eigenvalue weighted by atomic mass is 16.5. The van der Waals surface area contributed by atoms with Crippen LogP contribution in [0.1, 0.15) is 38.3 Å². The smallest absolute Gasteiger partial charge is 0.119 e. The molecule has 0 bridgehead atoms. The number of aryl methyl sites for hydroxylation is 1. The van der Waals surface area contributed by atoms with Gasteiger partial charge in [-0.05, 0) is 42.0 Å². The summed E-state index contributed by atoms with van der Waals surface area (Å²) in [7, 11) is 1.68. The second-order valence-electron chi connectivity index (χ2n) is 5.06. The van der Waals surface area contributed by atoms with Gasteiger partial charge in [0, 0.05) is 7.11 Å². The molecule has 0 aliphatic carbocycles. The van der Waals surface area contributed by atoms with E-state index in [0.29, 0.717) is 13.2 Å². The Hall–Kier alpha value is -1.02. The van der Waals surface area contributed by atoms with Crippen LogP contribution >= 0.6 is 0 Å². The third-order valence-electron chi connectivity index (χ3n) is 3.37. The summed E-state index contributed by atoms with van der Waals surface area (Å²) in [5.41, 5.74) is 2.93. The molecule has 0 N–H and O–H groups in total. The molecule has 0 fully saturated rings. The van der Waals surface area contributed by atoms with Crippen LogP contribution in [0, 0.1) is 6.92 Å². The van der Waals surface area contributed by atoms with Crippen molar-refractivity contribution < 1.29 is 9.47 Å². The molecule has 0 spiro atoms. The molecule has 0 aliphatic rings. The van der Waals surface area contributed by atoms with Gasteiger partial charge < -0.3 is 9.47 Å². The lowest BCUT2D eigenvalue weighted by atomic mass is 9.80. The first-order chi connectivity index (χ1) is 8.01. The molecule has 1 aromatic carbocycles. The van der Waals surface area contributed by atoms with Gasteiger partial charge in [-0.2, -0.15) is 0 Å². The first-order valence-corrected chi connectivity index (χ1v) is 6.24. The maximum Gasteiger partial charge on any atom is 0.119 e. The molecule has 0 aliphatic heterocycles. The van der Waals surface area contributed by atoms with Crippen LogP contribution in [0.15, 0.2) is 18.2 Å². The van der Waals surface area contributed by atoms with Crippen molar-refractivity contribution in [2.75, 3.05) is 20.3 Å². The maximum atomic E-state index is 5.60. The van der Waals surface area contributed by atoms with E-state index in [9.17, 15) is 0 Å². The highest BCUT2D eigenvalue weighted by Gasteiger charge is 2.20. The van der Waals surface area contributed by atoms with Crippen LogP contribution in [0.2, 0.25) is 0 Å². The molecule has 2 nitrogen and oxygen atoms in total. The van der Waals surface area contributed by atoms with Gasteiger partial charge >= 0.3 is 0 Å². The number of rotatable bonds is 6. The van der Waals surface area contributed by atoms with E-state index in [1.807, 2.05) is 0 Å². The summed E-state index contributed by atoms with van der Waals surface area (Å²) in [5, 5.41) is 0. The second kappa shape index (κ2) is 6.06. The molecular weight excluding hydrogens is 212 g/mol. The fourth-order valence-electron chi connectivity index (χ4n) is 1.92. The van der Waals surface area contributed by atoms with Gasteiger partial charge in [0.25, 0.3) is 0 Å². The summed E-state index contributed by atoms with van der Waals surface area (Å²) in [4.78, 5) is 0. The zero-order chi connectivity index (χ0) is 12.9. The predicted octanol–water partition coefficient (Wildman–Crippen LogP) is 3.71. The summed E-state index contributed by atoms with van der Waals surface area (Å²) in [6, 6.07) is 6.35. The topological polar surface area (TPSA) is 18.5 Å². The Balaban J connectivity index is 2.79. The van der Waals surface area contributed by atoms with Crippen molar-refractivity contribution in [3.63, 3.8) is 0 Å². The van der Waals surface area contributed by atoms with Crippen LogP contribution < -0.4 is 4.74 Å². The van der Waals surface area contributed by atoms with Crippen LogP contribution in [0.3, 0.4) is 0 Å². The molecule has 96 valence electrons. The summed E-state index contributed by atoms with van der Waals surface area (Å²) in [6.07, 6.45) is 1.14. The second-order valence-corrected chi connectivity index (χ2v) is 5.06. The molecule has 0 heterocycles. The van der Waals surface area contributed by atoms with Crippen LogP contribution in [-0.4, -0.2) is 20.3 Å². The first-order valence-electron chi connectivity index (χ1n) is 6.24. The van der Waals surface area contributed by atoms with Crippen molar-refractivity contribution in [1.82, 2.24) is 0 Å². The third-order valence-corrected chi connectivity index (χ3v) is 3.37. The number of hydrogen-bond donors (Lipinski definition) is 0.